The highest BCUT2D eigenvalue weighted by Gasteiger charge is 2.87. The van der Waals surface area contributed by atoms with Gasteiger partial charge in [0.1, 0.15) is 96.7 Å². The average Bonchev–Trinajstić information content (AvgIpc) is 3.90. The Balaban J connectivity index is 0.753. The standard InChI is InChI=1S/C50H78O24/c1-20-42(73-46-41(62)38(59)35(56)29(72-46)19-66-45-40(61)37(58)34(55)28(71-45)18-65-44-39(60)36(57)33(54)27(16-51)70-44)26(63-5)15-32(67-20)69-25-8-10-47(3)24(43(25)68-21(2)52)6-12-49-30(47)9-11-48(4)23(7-13-50(48,49)74-49)22-14-31(53)64-17-22/h20,22-30,32-46,51,54-62H,6-19H2,1-5H3/t20-,22-,23-,24+,25+,26-,27-,28-,29-,30-,32-,33-,34-,35-,36+,37+,38+,39-,40-,41-,42-,43-,44-,45-,46+,47+,48-,49+,50-/m1/s1. The number of methoxy groups -OCH3 is 1. The van der Waals surface area contributed by atoms with Gasteiger partial charge in [0.2, 0.25) is 0 Å². The van der Waals surface area contributed by atoms with Crippen molar-refractivity contribution in [2.75, 3.05) is 33.5 Å². The van der Waals surface area contributed by atoms with E-state index in [9.17, 15) is 60.7 Å². The summed E-state index contributed by atoms with van der Waals surface area (Å²) in [5.74, 6) is 0.319. The van der Waals surface area contributed by atoms with E-state index in [1.165, 1.54) is 14.0 Å². The Bertz CT molecular complexity index is 2000. The number of esters is 2. The molecule has 0 radical (unpaired) electrons. The van der Waals surface area contributed by atoms with Crippen molar-refractivity contribution in [3.8, 4) is 0 Å². The largest absolute Gasteiger partial charge is 0.465 e. The summed E-state index contributed by atoms with van der Waals surface area (Å²) in [6.45, 7) is 6.41. The van der Waals surface area contributed by atoms with Crippen molar-refractivity contribution in [1.29, 1.82) is 0 Å². The zero-order valence-electron chi connectivity index (χ0n) is 42.5. The molecule has 10 rings (SSSR count). The summed E-state index contributed by atoms with van der Waals surface area (Å²) in [4.78, 5) is 25.1. The number of hydrogen-bond acceptors (Lipinski definition) is 24. The molecule has 0 bridgehead atoms. The van der Waals surface area contributed by atoms with Crippen molar-refractivity contribution in [3.63, 3.8) is 0 Å². The number of rotatable bonds is 14. The number of aliphatic hydroxyl groups is 10. The first-order chi connectivity index (χ1) is 35.1. The zero-order valence-corrected chi connectivity index (χ0v) is 42.5. The smallest absolute Gasteiger partial charge is 0.306 e. The second-order valence-corrected chi connectivity index (χ2v) is 23.3. The van der Waals surface area contributed by atoms with Crippen molar-refractivity contribution >= 4 is 11.9 Å². The topological polar surface area (TPSA) is 350 Å². The van der Waals surface area contributed by atoms with Crippen LogP contribution in [0, 0.1) is 34.5 Å². The minimum atomic E-state index is -1.86. The lowest BCUT2D eigenvalue weighted by Gasteiger charge is -2.60. The van der Waals surface area contributed by atoms with E-state index in [0.717, 1.165) is 44.9 Å². The average molecular weight is 1060 g/mol. The molecule has 0 aromatic rings. The van der Waals surface area contributed by atoms with Gasteiger partial charge in [-0.15, -0.1) is 0 Å². The van der Waals surface area contributed by atoms with Crippen molar-refractivity contribution in [1.82, 2.24) is 0 Å². The number of hydrogen-bond donors (Lipinski definition) is 10. The van der Waals surface area contributed by atoms with E-state index in [1.54, 1.807) is 6.92 Å². The molecule has 10 N–H and O–H groups in total. The molecule has 0 amide bonds. The molecule has 4 saturated carbocycles. The fraction of sp³-hybridized carbons (Fsp3) is 0.960. The third-order valence-corrected chi connectivity index (χ3v) is 19.6. The molecule has 6 heterocycles. The quantitative estimate of drug-likeness (QED) is 0.0484. The summed E-state index contributed by atoms with van der Waals surface area (Å²) in [5, 5.41) is 105. The van der Waals surface area contributed by atoms with Crippen LogP contribution in [0.2, 0.25) is 0 Å². The third kappa shape index (κ3) is 9.18. The minimum Gasteiger partial charge on any atom is -0.465 e. The monoisotopic (exact) mass is 1060 g/mol. The van der Waals surface area contributed by atoms with Gasteiger partial charge >= 0.3 is 11.9 Å². The summed E-state index contributed by atoms with van der Waals surface area (Å²) < 4.78 is 72.4. The van der Waals surface area contributed by atoms with Gasteiger partial charge in [-0.1, -0.05) is 13.8 Å². The fourth-order valence-electron chi connectivity index (χ4n) is 15.7. The number of carbonyl (C=O) groups excluding carboxylic acids is 2. The Morgan fingerprint density at radius 2 is 1.26 bits per heavy atom. The van der Waals surface area contributed by atoms with Gasteiger partial charge in [-0.3, -0.25) is 9.59 Å². The van der Waals surface area contributed by atoms with Crippen LogP contribution in [0.1, 0.15) is 91.9 Å². The predicted molar refractivity (Wildman–Crippen MR) is 243 cm³/mol. The van der Waals surface area contributed by atoms with Gasteiger partial charge in [-0.2, -0.15) is 0 Å². The van der Waals surface area contributed by atoms with E-state index in [4.69, 9.17) is 56.8 Å². The van der Waals surface area contributed by atoms with Crippen LogP contribution in [0.3, 0.4) is 0 Å². The number of cyclic esters (lactones) is 1. The van der Waals surface area contributed by atoms with E-state index in [-0.39, 0.29) is 52.2 Å². The Morgan fingerprint density at radius 1 is 0.662 bits per heavy atom. The normalized spacial score (nSPS) is 55.1. The van der Waals surface area contributed by atoms with Gasteiger partial charge in [-0.25, -0.2) is 0 Å². The lowest BCUT2D eigenvalue weighted by Crippen LogP contribution is -2.64. The van der Waals surface area contributed by atoms with Crippen LogP contribution in [0.5, 0.6) is 0 Å². The molecule has 6 aliphatic heterocycles. The molecule has 0 aromatic heterocycles. The van der Waals surface area contributed by atoms with Gasteiger partial charge in [0.15, 0.2) is 25.2 Å². The number of epoxide rings is 1. The molecule has 4 aliphatic carbocycles. The van der Waals surface area contributed by atoms with Gasteiger partial charge < -0.3 is 108 Å². The molecule has 24 heteroatoms. The summed E-state index contributed by atoms with van der Waals surface area (Å²) >= 11 is 0. The Morgan fingerprint density at radius 3 is 1.85 bits per heavy atom. The summed E-state index contributed by atoms with van der Waals surface area (Å²) in [6, 6.07) is 0. The molecule has 0 aromatic carbocycles. The summed E-state index contributed by atoms with van der Waals surface area (Å²) in [5.41, 5.74) is -0.745. The molecule has 29 atom stereocenters. The van der Waals surface area contributed by atoms with Crippen LogP contribution in [0.4, 0.5) is 0 Å². The molecule has 10 aliphatic rings. The van der Waals surface area contributed by atoms with Crippen molar-refractivity contribution in [3.05, 3.63) is 0 Å². The lowest BCUT2D eigenvalue weighted by atomic mass is 9.44. The van der Waals surface area contributed by atoms with Gasteiger partial charge in [0.25, 0.3) is 0 Å². The fourth-order valence-corrected chi connectivity index (χ4v) is 15.7. The molecule has 24 nitrogen and oxygen atoms in total. The van der Waals surface area contributed by atoms with Crippen molar-refractivity contribution in [2.24, 2.45) is 34.5 Å². The SMILES string of the molecule is CO[C@@H]1C[C@@H](O[C@H]2CC[C@]3(C)[C@H]4CC[C@]5(C)[C@@H]([C@H]6COC(=O)C6)CC[C@@]56O[C@@]46CC[C@H]3[C@H]2OC(C)=O)O[C@H](C)[C@H]1O[C@@H]1O[C@H](CO[C@@H]2O[C@H](CO[C@@H]3O[C@H](CO)[C@@H](O)[C@H](O)[C@H]3O)[C@@H](O)[C@H](O)[C@H]2O)[C@@H](O)[C@H](O)[C@H]1O. The van der Waals surface area contributed by atoms with Crippen LogP contribution in [0.25, 0.3) is 0 Å². The highest BCUT2D eigenvalue weighted by molar-refractivity contribution is 5.71. The van der Waals surface area contributed by atoms with E-state index in [2.05, 4.69) is 13.8 Å². The zero-order chi connectivity index (χ0) is 53.0. The maximum Gasteiger partial charge on any atom is 0.306 e. The van der Waals surface area contributed by atoms with Crippen LogP contribution < -0.4 is 0 Å². The summed E-state index contributed by atoms with van der Waals surface area (Å²) in [7, 11) is 1.48. The molecular weight excluding hydrogens is 985 g/mol. The molecule has 74 heavy (non-hydrogen) atoms. The molecule has 10 fully saturated rings. The van der Waals surface area contributed by atoms with Gasteiger partial charge in [0, 0.05) is 37.7 Å². The third-order valence-electron chi connectivity index (χ3n) is 19.6. The van der Waals surface area contributed by atoms with Gasteiger partial charge in [0.05, 0.1) is 51.2 Å². The van der Waals surface area contributed by atoms with Crippen LogP contribution >= 0.6 is 0 Å². The molecule has 0 unspecified atom stereocenters. The van der Waals surface area contributed by atoms with Crippen molar-refractivity contribution in [2.45, 2.75) is 232 Å². The first kappa shape index (κ1) is 55.5. The highest BCUT2D eigenvalue weighted by atomic mass is 16.8. The Hall–Kier alpha value is -1.86. The Kier molecular flexibility index (Phi) is 15.7. The van der Waals surface area contributed by atoms with E-state index in [0.29, 0.717) is 25.4 Å². The van der Waals surface area contributed by atoms with Crippen molar-refractivity contribution < 1.29 is 117 Å². The Labute approximate surface area is 428 Å². The molecule has 2 spiro atoms. The minimum absolute atomic E-state index is 0.00602. The lowest BCUT2D eigenvalue weighted by molar-refractivity contribution is -0.358. The number of ether oxygens (including phenoxy) is 12. The van der Waals surface area contributed by atoms with E-state index >= 15 is 0 Å². The highest BCUT2D eigenvalue weighted by Crippen LogP contribution is 2.82. The second-order valence-electron chi connectivity index (χ2n) is 23.3. The van der Waals surface area contributed by atoms with Crippen LogP contribution in [-0.4, -0.2) is 237 Å². The molecule has 6 saturated heterocycles. The number of carbonyl (C=O) groups is 2. The second kappa shape index (κ2) is 21.0. The maximum absolute atomic E-state index is 12.9. The van der Waals surface area contributed by atoms with Gasteiger partial charge in [-0.05, 0) is 75.5 Å². The van der Waals surface area contributed by atoms with Crippen LogP contribution in [0.15, 0.2) is 0 Å². The number of aliphatic hydroxyl groups excluding tert-OH is 10. The number of fused-ring (bicyclic) bond motifs is 2. The predicted octanol–water partition coefficient (Wildman–Crippen LogP) is -2.61. The van der Waals surface area contributed by atoms with E-state index < -0.39 is 155 Å². The van der Waals surface area contributed by atoms with Crippen LogP contribution in [-0.2, 0) is 66.4 Å². The molecule has 422 valence electrons. The maximum atomic E-state index is 12.9. The first-order valence-electron chi connectivity index (χ1n) is 26.6. The van der Waals surface area contributed by atoms with E-state index in [1.807, 2.05) is 0 Å². The molecular formula is C50H78O24. The first-order valence-corrected chi connectivity index (χ1v) is 26.6. The summed E-state index contributed by atoms with van der Waals surface area (Å²) in [6.07, 6.45) is -21.6.